The molecule has 2 aliphatic rings. The molecule has 11 nitrogen and oxygen atoms in total. The molecule has 1 aromatic rings. The number of rotatable bonds is 8. The van der Waals surface area contributed by atoms with Gasteiger partial charge in [0.25, 0.3) is 11.8 Å². The lowest BCUT2D eigenvalue weighted by atomic mass is 9.82. The minimum Gasteiger partial charge on any atom is -0.384 e. The first kappa shape index (κ1) is 23.8. The molecule has 0 radical (unpaired) electrons. The molecule has 32 heavy (non-hydrogen) atoms. The Morgan fingerprint density at radius 3 is 2.44 bits per heavy atom. The maximum Gasteiger partial charge on any atom is 0.344 e. The van der Waals surface area contributed by atoms with Crippen LogP contribution in [0.2, 0.25) is 0 Å². The van der Waals surface area contributed by atoms with Crippen molar-refractivity contribution in [3.05, 3.63) is 18.2 Å². The quantitative estimate of drug-likeness (QED) is 0.420. The number of hydrogen-bond donors (Lipinski definition) is 4. The fourth-order valence-electron chi connectivity index (χ4n) is 3.94. The van der Waals surface area contributed by atoms with Crippen LogP contribution < -0.4 is 21.4 Å². The first-order valence-corrected chi connectivity index (χ1v) is 12.1. The second-order valence-corrected chi connectivity index (χ2v) is 10.3. The molecule has 1 aliphatic heterocycles. The van der Waals surface area contributed by atoms with Gasteiger partial charge in [0, 0.05) is 20.6 Å². The van der Waals surface area contributed by atoms with Crippen LogP contribution in [0.1, 0.15) is 39.0 Å². The molecular formula is C20H30N6O5S. The second kappa shape index (κ2) is 9.33. The molecule has 1 heterocycles. The van der Waals surface area contributed by atoms with Gasteiger partial charge in [-0.25, -0.2) is 17.5 Å². The summed E-state index contributed by atoms with van der Waals surface area (Å²) in [4.78, 5) is 37.7. The minimum atomic E-state index is -3.66. The number of nitrogens with one attached hydrogen (secondary N) is 4. The summed E-state index contributed by atoms with van der Waals surface area (Å²) in [6.45, 7) is 2.21. The number of carbonyl (C=O) groups is 3. The van der Waals surface area contributed by atoms with Gasteiger partial charge in [-0.05, 0) is 38.0 Å². The topological polar surface area (TPSA) is 140 Å². The normalized spacial score (nSPS) is 18.1. The van der Waals surface area contributed by atoms with E-state index in [1.165, 1.54) is 26.2 Å². The van der Waals surface area contributed by atoms with Gasteiger partial charge in [0.15, 0.2) is 0 Å². The maximum atomic E-state index is 12.8. The van der Waals surface area contributed by atoms with E-state index in [-0.39, 0.29) is 11.4 Å². The van der Waals surface area contributed by atoms with Gasteiger partial charge < -0.3 is 16.0 Å². The monoisotopic (exact) mass is 466 g/mol. The van der Waals surface area contributed by atoms with Gasteiger partial charge in [-0.15, -0.1) is 0 Å². The highest BCUT2D eigenvalue weighted by molar-refractivity contribution is 7.89. The number of nitrogens with zero attached hydrogens (tertiary/aromatic N) is 2. The van der Waals surface area contributed by atoms with E-state index in [0.717, 1.165) is 28.6 Å². The van der Waals surface area contributed by atoms with Crippen molar-refractivity contribution in [2.45, 2.75) is 49.5 Å². The van der Waals surface area contributed by atoms with Crippen LogP contribution >= 0.6 is 0 Å². The third-order valence-electron chi connectivity index (χ3n) is 5.68. The van der Waals surface area contributed by atoms with E-state index >= 15 is 0 Å². The molecule has 0 unspecified atom stereocenters. The first-order chi connectivity index (χ1) is 15.1. The Morgan fingerprint density at radius 2 is 1.81 bits per heavy atom. The predicted molar refractivity (Wildman–Crippen MR) is 119 cm³/mol. The van der Waals surface area contributed by atoms with E-state index in [4.69, 9.17) is 0 Å². The fourth-order valence-corrected chi connectivity index (χ4v) is 4.87. The molecule has 4 amide bonds. The second-order valence-electron chi connectivity index (χ2n) is 8.13. The standard InChI is InChI=1S/C20H30N6O5S/c1-4-21-15-9-8-14(32(30,31)25(2)3)12-16(15)22-13-17(27)24-26-18(28)20(23-19(26)29)10-6-5-7-11-20/h8-9,12,21-22H,4-7,10-11,13H2,1-3H3,(H,23,29)(H,24,27). The molecular weight excluding hydrogens is 436 g/mol. The van der Waals surface area contributed by atoms with Crippen LogP contribution in [0, 0.1) is 0 Å². The Labute approximate surface area is 187 Å². The minimum absolute atomic E-state index is 0.0698. The molecule has 2 fully saturated rings. The maximum absolute atomic E-state index is 12.8. The summed E-state index contributed by atoms with van der Waals surface area (Å²) < 4.78 is 26.0. The summed E-state index contributed by atoms with van der Waals surface area (Å²) in [5, 5.41) is 9.47. The van der Waals surface area contributed by atoms with Crippen molar-refractivity contribution < 1.29 is 22.8 Å². The number of hydrazine groups is 1. The zero-order valence-corrected chi connectivity index (χ0v) is 19.3. The molecule has 0 bridgehead atoms. The lowest BCUT2D eigenvalue weighted by Crippen LogP contribution is -2.51. The largest absolute Gasteiger partial charge is 0.384 e. The van der Waals surface area contributed by atoms with Crippen LogP contribution in [0.25, 0.3) is 0 Å². The van der Waals surface area contributed by atoms with Crippen LogP contribution in [-0.4, -0.2) is 68.3 Å². The van der Waals surface area contributed by atoms with Gasteiger partial charge in [-0.3, -0.25) is 15.0 Å². The Hall–Kier alpha value is -2.86. The van der Waals surface area contributed by atoms with Crippen LogP contribution in [0.4, 0.5) is 16.2 Å². The molecule has 0 atom stereocenters. The van der Waals surface area contributed by atoms with Gasteiger partial charge in [0.2, 0.25) is 10.0 Å². The van der Waals surface area contributed by atoms with Gasteiger partial charge in [-0.1, -0.05) is 19.3 Å². The number of sulfonamides is 1. The summed E-state index contributed by atoms with van der Waals surface area (Å²) in [5.74, 6) is -1.05. The Kier molecular flexibility index (Phi) is 6.94. The number of anilines is 2. The number of urea groups is 1. The summed E-state index contributed by atoms with van der Waals surface area (Å²) in [6, 6.07) is 3.89. The molecule has 4 N–H and O–H groups in total. The van der Waals surface area contributed by atoms with Gasteiger partial charge in [0.1, 0.15) is 5.54 Å². The molecule has 1 saturated heterocycles. The number of amides is 4. The SMILES string of the molecule is CCNc1ccc(S(=O)(=O)N(C)C)cc1NCC(=O)NN1C(=O)NC2(CCCCC2)C1=O. The molecule has 176 valence electrons. The van der Waals surface area contributed by atoms with Crippen molar-refractivity contribution in [3.8, 4) is 0 Å². The zero-order valence-electron chi connectivity index (χ0n) is 18.5. The smallest absolute Gasteiger partial charge is 0.344 e. The molecule has 1 saturated carbocycles. The highest BCUT2D eigenvalue weighted by atomic mass is 32.2. The van der Waals surface area contributed by atoms with Crippen molar-refractivity contribution in [2.75, 3.05) is 37.8 Å². The number of imide groups is 1. The highest BCUT2D eigenvalue weighted by Crippen LogP contribution is 2.33. The van der Waals surface area contributed by atoms with E-state index in [9.17, 15) is 22.8 Å². The van der Waals surface area contributed by atoms with E-state index in [0.29, 0.717) is 30.8 Å². The third-order valence-corrected chi connectivity index (χ3v) is 7.49. The molecule has 12 heteroatoms. The number of carbonyl (C=O) groups excluding carboxylic acids is 3. The lowest BCUT2D eigenvalue weighted by Gasteiger charge is -2.30. The Balaban J connectivity index is 1.70. The van der Waals surface area contributed by atoms with Crippen LogP contribution in [0.3, 0.4) is 0 Å². The molecule has 3 rings (SSSR count). The van der Waals surface area contributed by atoms with Crippen molar-refractivity contribution in [3.63, 3.8) is 0 Å². The average molecular weight is 467 g/mol. The number of benzene rings is 1. The third kappa shape index (κ3) is 4.65. The summed E-state index contributed by atoms with van der Waals surface area (Å²) >= 11 is 0. The average Bonchev–Trinajstić information content (AvgIpc) is 2.97. The Morgan fingerprint density at radius 1 is 1.12 bits per heavy atom. The van der Waals surface area contributed by atoms with Crippen LogP contribution in [0.15, 0.2) is 23.1 Å². The summed E-state index contributed by atoms with van der Waals surface area (Å²) in [6.07, 6.45) is 3.81. The number of hydrogen-bond acceptors (Lipinski definition) is 7. The predicted octanol–water partition coefficient (Wildman–Crippen LogP) is 1.07. The van der Waals surface area contributed by atoms with Gasteiger partial charge in [0.05, 0.1) is 22.8 Å². The molecule has 1 aliphatic carbocycles. The van der Waals surface area contributed by atoms with E-state index in [1.807, 2.05) is 6.92 Å². The van der Waals surface area contributed by atoms with Crippen molar-refractivity contribution in [1.82, 2.24) is 20.1 Å². The van der Waals surface area contributed by atoms with E-state index in [1.54, 1.807) is 6.07 Å². The zero-order chi connectivity index (χ0) is 23.5. The van der Waals surface area contributed by atoms with Crippen LogP contribution in [-0.2, 0) is 19.6 Å². The molecule has 0 aromatic heterocycles. The van der Waals surface area contributed by atoms with Crippen LogP contribution in [0.5, 0.6) is 0 Å². The van der Waals surface area contributed by atoms with Crippen molar-refractivity contribution >= 4 is 39.2 Å². The lowest BCUT2D eigenvalue weighted by molar-refractivity contribution is -0.139. The fraction of sp³-hybridized carbons (Fsp3) is 0.550. The van der Waals surface area contributed by atoms with E-state index in [2.05, 4.69) is 21.4 Å². The van der Waals surface area contributed by atoms with Gasteiger partial charge >= 0.3 is 6.03 Å². The highest BCUT2D eigenvalue weighted by Gasteiger charge is 2.52. The Bertz CT molecular complexity index is 1000. The summed E-state index contributed by atoms with van der Waals surface area (Å²) in [5.41, 5.74) is 2.46. The van der Waals surface area contributed by atoms with E-state index < -0.39 is 33.4 Å². The van der Waals surface area contributed by atoms with Crippen molar-refractivity contribution in [1.29, 1.82) is 0 Å². The summed E-state index contributed by atoms with van der Waals surface area (Å²) in [7, 11) is -0.788. The first-order valence-electron chi connectivity index (χ1n) is 10.6. The van der Waals surface area contributed by atoms with Gasteiger partial charge in [-0.2, -0.15) is 5.01 Å². The van der Waals surface area contributed by atoms with Crippen molar-refractivity contribution in [2.24, 2.45) is 0 Å². The molecule has 1 aromatic carbocycles. The molecule has 1 spiro atoms.